The van der Waals surface area contributed by atoms with E-state index in [-0.39, 0.29) is 22.1 Å². The predicted octanol–water partition coefficient (Wildman–Crippen LogP) is 8.12. The lowest BCUT2D eigenvalue weighted by atomic mass is 9.65. The number of hydrogen-bond acceptors (Lipinski definition) is 3. The fraction of sp³-hybridized carbons (Fsp3) is 0.267. The average molecular weight is 464 g/mol. The lowest BCUT2D eigenvalue weighted by Gasteiger charge is -2.44. The minimum atomic E-state index is -0.317. The second kappa shape index (κ2) is 7.84. The number of aromatic nitrogens is 1. The maximum atomic E-state index is 11.6. The van der Waals surface area contributed by atoms with Crippen molar-refractivity contribution in [1.82, 2.24) is 4.98 Å². The first-order valence-electron chi connectivity index (χ1n) is 12.3. The summed E-state index contributed by atoms with van der Waals surface area (Å²) in [6, 6.07) is 24.0. The summed E-state index contributed by atoms with van der Waals surface area (Å²) in [4.78, 5) is 14.8. The highest BCUT2D eigenvalue weighted by Crippen LogP contribution is 2.55. The van der Waals surface area contributed by atoms with E-state index in [1.807, 2.05) is 12.1 Å². The van der Waals surface area contributed by atoms with Gasteiger partial charge in [0.1, 0.15) is 0 Å². The molecule has 3 aromatic carbocycles. The third-order valence-electron chi connectivity index (χ3n) is 7.65. The van der Waals surface area contributed by atoms with Crippen LogP contribution in [0, 0.1) is 21.4 Å². The molecule has 176 valence electrons. The molecule has 1 aliphatic heterocycles. The van der Waals surface area contributed by atoms with Crippen molar-refractivity contribution >= 4 is 27.7 Å². The van der Waals surface area contributed by atoms with Gasteiger partial charge in [-0.25, -0.2) is 0 Å². The van der Waals surface area contributed by atoms with Gasteiger partial charge in [-0.05, 0) is 70.4 Å². The number of anilines is 1. The van der Waals surface area contributed by atoms with Gasteiger partial charge in [-0.15, -0.1) is 0 Å². The lowest BCUT2D eigenvalue weighted by molar-refractivity contribution is -0.384. The largest absolute Gasteiger partial charge is 0.373 e. The Bertz CT molecular complexity index is 1510. The van der Waals surface area contributed by atoms with Gasteiger partial charge in [-0.3, -0.25) is 10.1 Å². The van der Waals surface area contributed by atoms with Crippen LogP contribution < -0.4 is 5.32 Å². The van der Waals surface area contributed by atoms with Gasteiger partial charge in [0.05, 0.1) is 22.2 Å². The van der Waals surface area contributed by atoms with Gasteiger partial charge in [0.25, 0.3) is 5.69 Å². The predicted molar refractivity (Wildman–Crippen MR) is 142 cm³/mol. The van der Waals surface area contributed by atoms with Gasteiger partial charge in [-0.1, -0.05) is 63.2 Å². The zero-order valence-corrected chi connectivity index (χ0v) is 20.3. The first kappa shape index (κ1) is 21.7. The minimum absolute atomic E-state index is 0.00119. The Hall–Kier alpha value is -3.86. The molecule has 35 heavy (non-hydrogen) atoms. The smallest absolute Gasteiger partial charge is 0.278 e. The highest BCUT2D eigenvalue weighted by molar-refractivity contribution is 6.01. The lowest BCUT2D eigenvalue weighted by Crippen LogP contribution is -2.32. The Balaban J connectivity index is 1.52. The summed E-state index contributed by atoms with van der Waals surface area (Å²) in [5.41, 5.74) is 8.12. The molecule has 0 bridgehead atoms. The molecule has 2 heterocycles. The number of H-pyrrole nitrogens is 1. The number of benzene rings is 3. The Labute approximate surface area is 205 Å². The molecule has 5 heteroatoms. The summed E-state index contributed by atoms with van der Waals surface area (Å²) >= 11 is 0. The number of aromatic amines is 1. The van der Waals surface area contributed by atoms with Gasteiger partial charge in [0.2, 0.25) is 0 Å². The van der Waals surface area contributed by atoms with Crippen LogP contribution in [0.1, 0.15) is 50.9 Å². The topological polar surface area (TPSA) is 71.0 Å². The van der Waals surface area contributed by atoms with Crippen molar-refractivity contribution in [2.24, 2.45) is 11.3 Å². The molecule has 0 saturated heterocycles. The first-order chi connectivity index (χ1) is 16.8. The van der Waals surface area contributed by atoms with Crippen LogP contribution in [-0.2, 0) is 0 Å². The molecule has 0 saturated carbocycles. The van der Waals surface area contributed by atoms with Crippen LogP contribution in [0.2, 0.25) is 0 Å². The van der Waals surface area contributed by atoms with E-state index in [0.717, 1.165) is 29.9 Å². The number of nitrogens with one attached hydrogen (secondary N) is 2. The molecule has 2 N–H and O–H groups in total. The van der Waals surface area contributed by atoms with E-state index in [2.05, 4.69) is 73.5 Å². The number of nitro groups is 1. The molecule has 0 radical (unpaired) electrons. The number of para-hydroxylation sites is 1. The van der Waals surface area contributed by atoms with Gasteiger partial charge >= 0.3 is 0 Å². The van der Waals surface area contributed by atoms with Crippen molar-refractivity contribution in [2.75, 3.05) is 5.32 Å². The van der Waals surface area contributed by atoms with Crippen LogP contribution in [0.3, 0.4) is 0 Å². The third-order valence-corrected chi connectivity index (χ3v) is 7.65. The molecule has 2 aliphatic rings. The van der Waals surface area contributed by atoms with Crippen LogP contribution in [-0.4, -0.2) is 9.91 Å². The molecule has 5 nitrogen and oxygen atoms in total. The number of fused-ring (bicyclic) bond motifs is 4. The first-order valence-corrected chi connectivity index (χ1v) is 12.3. The second-order valence-electron chi connectivity index (χ2n) is 10.8. The van der Waals surface area contributed by atoms with Crippen LogP contribution in [0.25, 0.3) is 27.6 Å². The van der Waals surface area contributed by atoms with E-state index in [1.54, 1.807) is 18.2 Å². The third kappa shape index (κ3) is 3.54. The Kier molecular flexibility index (Phi) is 4.85. The number of nitro benzene ring substituents is 1. The minimum Gasteiger partial charge on any atom is -0.373 e. The van der Waals surface area contributed by atoms with Crippen molar-refractivity contribution in [2.45, 2.75) is 39.7 Å². The van der Waals surface area contributed by atoms with Crippen molar-refractivity contribution < 1.29 is 4.92 Å². The molecule has 2 atom stereocenters. The van der Waals surface area contributed by atoms with Gasteiger partial charge in [0.15, 0.2) is 0 Å². The standard InChI is InChI=1S/C30H29N3O2/c1-18-16-30(2,3)17-22-27(18)29(32-24-13-12-19-8-4-5-9-20(19)28(22)24)25-15-14-23(31-25)21-10-6-7-11-26(21)33(34)35/h4-15,18,29,31-32H,16-17H2,1-3H3. The highest BCUT2D eigenvalue weighted by atomic mass is 16.6. The molecule has 6 rings (SSSR count). The molecule has 0 amide bonds. The van der Waals surface area contributed by atoms with Crippen LogP contribution >= 0.6 is 0 Å². The van der Waals surface area contributed by atoms with E-state index in [9.17, 15) is 10.1 Å². The molecular formula is C30H29N3O2. The zero-order chi connectivity index (χ0) is 24.3. The van der Waals surface area contributed by atoms with Gasteiger partial charge < -0.3 is 10.3 Å². The SMILES string of the molecule is CC1CC(C)(C)CC2=C1C(c1ccc(-c3ccccc3[N+](=O)[O-])[nH]1)Nc1ccc3ccccc3c12. The molecule has 2 unspecified atom stereocenters. The fourth-order valence-electron chi connectivity index (χ4n) is 6.37. The number of rotatable bonds is 3. The van der Waals surface area contributed by atoms with Crippen LogP contribution in [0.4, 0.5) is 11.4 Å². The van der Waals surface area contributed by atoms with E-state index in [1.165, 1.54) is 27.5 Å². The summed E-state index contributed by atoms with van der Waals surface area (Å²) in [7, 11) is 0. The monoisotopic (exact) mass is 463 g/mol. The van der Waals surface area contributed by atoms with E-state index < -0.39 is 0 Å². The zero-order valence-electron chi connectivity index (χ0n) is 20.3. The second-order valence-corrected chi connectivity index (χ2v) is 10.8. The number of allylic oxidation sites excluding steroid dienone is 1. The van der Waals surface area contributed by atoms with E-state index in [4.69, 9.17) is 0 Å². The summed E-state index contributed by atoms with van der Waals surface area (Å²) < 4.78 is 0. The summed E-state index contributed by atoms with van der Waals surface area (Å²) in [5.74, 6) is 0.413. The Morgan fingerprint density at radius 1 is 0.971 bits per heavy atom. The summed E-state index contributed by atoms with van der Waals surface area (Å²) in [5, 5.41) is 18.0. The van der Waals surface area contributed by atoms with Gasteiger partial charge in [0, 0.05) is 23.0 Å². The Morgan fingerprint density at radius 3 is 2.57 bits per heavy atom. The molecule has 1 aliphatic carbocycles. The maximum Gasteiger partial charge on any atom is 0.278 e. The average Bonchev–Trinajstić information content (AvgIpc) is 3.32. The van der Waals surface area contributed by atoms with E-state index >= 15 is 0 Å². The van der Waals surface area contributed by atoms with Gasteiger partial charge in [-0.2, -0.15) is 0 Å². The fourth-order valence-corrected chi connectivity index (χ4v) is 6.37. The molecule has 4 aromatic rings. The summed E-state index contributed by atoms with van der Waals surface area (Å²) in [6.07, 6.45) is 2.16. The molecular weight excluding hydrogens is 434 g/mol. The summed E-state index contributed by atoms with van der Waals surface area (Å²) in [6.45, 7) is 7.08. The number of hydrogen-bond donors (Lipinski definition) is 2. The highest BCUT2D eigenvalue weighted by Gasteiger charge is 2.40. The van der Waals surface area contributed by atoms with Crippen LogP contribution in [0.15, 0.2) is 78.4 Å². The van der Waals surface area contributed by atoms with Crippen LogP contribution in [0.5, 0.6) is 0 Å². The van der Waals surface area contributed by atoms with E-state index in [0.29, 0.717) is 11.5 Å². The Morgan fingerprint density at radius 2 is 1.74 bits per heavy atom. The van der Waals surface area contributed by atoms with Crippen molar-refractivity contribution in [3.05, 3.63) is 99.7 Å². The molecule has 1 aromatic heterocycles. The number of nitrogens with zero attached hydrogens (tertiary/aromatic N) is 1. The molecule has 0 fully saturated rings. The molecule has 0 spiro atoms. The van der Waals surface area contributed by atoms with Crippen molar-refractivity contribution in [3.8, 4) is 11.3 Å². The quantitative estimate of drug-likeness (QED) is 0.238. The van der Waals surface area contributed by atoms with Crippen molar-refractivity contribution in [1.29, 1.82) is 0 Å². The van der Waals surface area contributed by atoms with Crippen molar-refractivity contribution in [3.63, 3.8) is 0 Å². The normalized spacial score (nSPS) is 20.8. The maximum absolute atomic E-state index is 11.6.